The molecule has 1 aromatic heterocycles. The molecule has 0 radical (unpaired) electrons. The zero-order valence-corrected chi connectivity index (χ0v) is 15.4. The normalized spacial score (nSPS) is 24.5. The molecule has 2 heterocycles. The van der Waals surface area contributed by atoms with Gasteiger partial charge in [-0.15, -0.1) is 0 Å². The number of carboxylic acid groups (broad SMARTS) is 1. The van der Waals surface area contributed by atoms with Crippen LogP contribution < -0.4 is 10.2 Å². The van der Waals surface area contributed by atoms with Gasteiger partial charge in [0.05, 0.1) is 29.9 Å². The minimum absolute atomic E-state index is 0.105. The fourth-order valence-electron chi connectivity index (χ4n) is 3.98. The van der Waals surface area contributed by atoms with Crippen molar-refractivity contribution in [2.75, 3.05) is 23.3 Å². The number of piperidine rings is 1. The first-order chi connectivity index (χ1) is 13.0. The highest BCUT2D eigenvalue weighted by Crippen LogP contribution is 2.37. The summed E-state index contributed by atoms with van der Waals surface area (Å²) < 4.78 is 0. The highest BCUT2D eigenvalue weighted by molar-refractivity contribution is 6.28. The van der Waals surface area contributed by atoms with Gasteiger partial charge in [0.2, 0.25) is 5.28 Å². The molecule has 7 nitrogen and oxygen atoms in total. The van der Waals surface area contributed by atoms with Crippen LogP contribution in [0.3, 0.4) is 0 Å². The molecule has 2 aromatic rings. The van der Waals surface area contributed by atoms with Crippen LogP contribution in [0.1, 0.15) is 30.0 Å². The maximum atomic E-state index is 11.4. The quantitative estimate of drug-likeness (QED) is 0.692. The Kier molecular flexibility index (Phi) is 4.88. The van der Waals surface area contributed by atoms with Crippen LogP contribution in [0, 0.1) is 5.92 Å². The Bertz CT molecular complexity index is 863. The Morgan fingerprint density at radius 2 is 2.15 bits per heavy atom. The third-order valence-corrected chi connectivity index (χ3v) is 5.53. The molecular formula is C19H21ClN4O3. The first kappa shape index (κ1) is 18.0. The number of aromatic nitrogens is 2. The third kappa shape index (κ3) is 3.57. The number of anilines is 2. The summed E-state index contributed by atoms with van der Waals surface area (Å²) in [4.78, 5) is 21.8. The van der Waals surface area contributed by atoms with Crippen molar-refractivity contribution in [3.05, 3.63) is 46.9 Å². The fraction of sp³-hybridized carbons (Fsp3) is 0.421. The van der Waals surface area contributed by atoms with Gasteiger partial charge in [-0.2, -0.15) is 4.98 Å². The van der Waals surface area contributed by atoms with Gasteiger partial charge in [0.1, 0.15) is 0 Å². The van der Waals surface area contributed by atoms with Gasteiger partial charge in [0.25, 0.3) is 0 Å². The first-order valence-electron chi connectivity index (χ1n) is 9.05. The second-order valence-corrected chi connectivity index (χ2v) is 7.43. The number of fused-ring (bicyclic) bond motifs is 1. The summed E-state index contributed by atoms with van der Waals surface area (Å²) in [7, 11) is 0. The second-order valence-electron chi connectivity index (χ2n) is 7.09. The maximum Gasteiger partial charge on any atom is 0.308 e. The van der Waals surface area contributed by atoms with E-state index in [1.165, 1.54) is 0 Å². The maximum absolute atomic E-state index is 11.4. The predicted octanol–water partition coefficient (Wildman–Crippen LogP) is 2.50. The van der Waals surface area contributed by atoms with E-state index in [4.69, 9.17) is 11.6 Å². The number of aliphatic hydroxyl groups is 1. The van der Waals surface area contributed by atoms with Gasteiger partial charge in [-0.05, 0) is 35.6 Å². The lowest BCUT2D eigenvalue weighted by Gasteiger charge is -2.33. The molecule has 0 spiro atoms. The zero-order valence-electron chi connectivity index (χ0n) is 14.7. The Morgan fingerprint density at radius 3 is 2.96 bits per heavy atom. The summed E-state index contributed by atoms with van der Waals surface area (Å²) in [6.45, 7) is 1.13. The topological polar surface area (TPSA) is 98.6 Å². The van der Waals surface area contributed by atoms with Crippen LogP contribution in [-0.2, 0) is 11.2 Å². The number of carboxylic acids is 1. The van der Waals surface area contributed by atoms with Crippen molar-refractivity contribution in [3.63, 3.8) is 0 Å². The van der Waals surface area contributed by atoms with E-state index in [1.54, 1.807) is 6.20 Å². The number of halogens is 1. The van der Waals surface area contributed by atoms with Crippen LogP contribution in [0.15, 0.2) is 30.5 Å². The van der Waals surface area contributed by atoms with Gasteiger partial charge in [0.15, 0.2) is 5.82 Å². The molecule has 8 heteroatoms. The van der Waals surface area contributed by atoms with E-state index >= 15 is 0 Å². The second kappa shape index (κ2) is 7.32. The molecule has 1 saturated heterocycles. The molecule has 1 unspecified atom stereocenters. The molecule has 1 aliphatic carbocycles. The van der Waals surface area contributed by atoms with Crippen LogP contribution in [0.2, 0.25) is 5.28 Å². The number of rotatable bonds is 4. The number of nitrogens with zero attached hydrogens (tertiary/aromatic N) is 3. The van der Waals surface area contributed by atoms with Crippen molar-refractivity contribution >= 4 is 29.1 Å². The van der Waals surface area contributed by atoms with Gasteiger partial charge in [0, 0.05) is 19.5 Å². The molecule has 1 aromatic carbocycles. The highest BCUT2D eigenvalue weighted by Gasteiger charge is 2.33. The summed E-state index contributed by atoms with van der Waals surface area (Å²) in [5.74, 6) is -0.689. The lowest BCUT2D eigenvalue weighted by Crippen LogP contribution is -2.39. The standard InChI is InChI=1S/C19H21ClN4O3/c20-19-21-9-14(24-7-3-5-12(10-24)18(26)27)17(23-19)22-16-13-6-2-1-4-11(13)8-15(16)25/h1-2,4,6,9,12,15-16,25H,3,5,7-8,10H2,(H,26,27)(H,21,22,23)/t12-,15+,16?/m0/s1. The van der Waals surface area contributed by atoms with E-state index in [2.05, 4.69) is 15.3 Å². The summed E-state index contributed by atoms with van der Waals surface area (Å²) in [6, 6.07) is 7.61. The van der Waals surface area contributed by atoms with Crippen LogP contribution >= 0.6 is 11.6 Å². The molecule has 3 atom stereocenters. The number of benzene rings is 1. The fourth-order valence-corrected chi connectivity index (χ4v) is 4.12. The number of hydrogen-bond acceptors (Lipinski definition) is 6. The minimum Gasteiger partial charge on any atom is -0.481 e. The largest absolute Gasteiger partial charge is 0.481 e. The van der Waals surface area contributed by atoms with Crippen LogP contribution in [0.25, 0.3) is 0 Å². The van der Waals surface area contributed by atoms with E-state index in [0.29, 0.717) is 30.9 Å². The zero-order chi connectivity index (χ0) is 19.0. The van der Waals surface area contributed by atoms with Gasteiger partial charge in [-0.1, -0.05) is 24.3 Å². The van der Waals surface area contributed by atoms with Gasteiger partial charge >= 0.3 is 5.97 Å². The lowest BCUT2D eigenvalue weighted by molar-refractivity contribution is -0.141. The van der Waals surface area contributed by atoms with Crippen molar-refractivity contribution in [2.45, 2.75) is 31.4 Å². The van der Waals surface area contributed by atoms with E-state index in [1.807, 2.05) is 29.2 Å². The van der Waals surface area contributed by atoms with Gasteiger partial charge < -0.3 is 20.4 Å². The SMILES string of the molecule is O=C(O)[C@H]1CCCN(c2cnc(Cl)nc2NC2c3ccccc3C[C@H]2O)C1. The van der Waals surface area contributed by atoms with Crippen molar-refractivity contribution in [2.24, 2.45) is 5.92 Å². The van der Waals surface area contributed by atoms with Gasteiger partial charge in [-0.25, -0.2) is 4.98 Å². The summed E-state index contributed by atoms with van der Waals surface area (Å²) in [5, 5.41) is 23.3. The Labute approximate surface area is 162 Å². The monoisotopic (exact) mass is 388 g/mol. The number of nitrogens with one attached hydrogen (secondary N) is 1. The van der Waals surface area contributed by atoms with Gasteiger partial charge in [-0.3, -0.25) is 4.79 Å². The number of aliphatic hydroxyl groups excluding tert-OH is 1. The van der Waals surface area contributed by atoms with Crippen molar-refractivity contribution in [3.8, 4) is 0 Å². The number of aliphatic carboxylic acids is 1. The molecule has 1 fully saturated rings. The average Bonchev–Trinajstić information content (AvgIpc) is 2.97. The molecule has 27 heavy (non-hydrogen) atoms. The van der Waals surface area contributed by atoms with E-state index in [-0.39, 0.29) is 11.3 Å². The average molecular weight is 389 g/mol. The Balaban J connectivity index is 1.64. The third-order valence-electron chi connectivity index (χ3n) is 5.35. The first-order valence-corrected chi connectivity index (χ1v) is 9.43. The smallest absolute Gasteiger partial charge is 0.308 e. The lowest BCUT2D eigenvalue weighted by atomic mass is 9.98. The molecule has 2 aliphatic rings. The minimum atomic E-state index is -0.788. The molecule has 0 saturated carbocycles. The Morgan fingerprint density at radius 1 is 1.33 bits per heavy atom. The Hall–Kier alpha value is -2.38. The number of hydrogen-bond donors (Lipinski definition) is 3. The highest BCUT2D eigenvalue weighted by atomic mass is 35.5. The molecule has 1 aliphatic heterocycles. The molecule has 0 bridgehead atoms. The molecule has 0 amide bonds. The van der Waals surface area contributed by atoms with Crippen molar-refractivity contribution in [1.82, 2.24) is 9.97 Å². The van der Waals surface area contributed by atoms with Crippen molar-refractivity contribution in [1.29, 1.82) is 0 Å². The summed E-state index contributed by atoms with van der Waals surface area (Å²) in [5.41, 5.74) is 2.85. The number of carbonyl (C=O) groups is 1. The molecule has 3 N–H and O–H groups in total. The van der Waals surface area contributed by atoms with E-state index in [9.17, 15) is 15.0 Å². The van der Waals surface area contributed by atoms with E-state index < -0.39 is 18.0 Å². The molecule has 4 rings (SSSR count). The van der Waals surface area contributed by atoms with Crippen molar-refractivity contribution < 1.29 is 15.0 Å². The summed E-state index contributed by atoms with van der Waals surface area (Å²) in [6.07, 6.45) is 3.07. The molecular weight excluding hydrogens is 368 g/mol. The van der Waals surface area contributed by atoms with Crippen LogP contribution in [-0.4, -0.2) is 45.3 Å². The van der Waals surface area contributed by atoms with E-state index in [0.717, 1.165) is 24.1 Å². The summed E-state index contributed by atoms with van der Waals surface area (Å²) >= 11 is 6.02. The van der Waals surface area contributed by atoms with Crippen LogP contribution in [0.4, 0.5) is 11.5 Å². The predicted molar refractivity (Wildman–Crippen MR) is 102 cm³/mol. The molecule has 142 valence electrons. The van der Waals surface area contributed by atoms with Crippen LogP contribution in [0.5, 0.6) is 0 Å².